The minimum absolute atomic E-state index is 0.413. The van der Waals surface area contributed by atoms with Crippen LogP contribution in [0.1, 0.15) is 0 Å². The van der Waals surface area contributed by atoms with Crippen LogP contribution in [0.25, 0.3) is 0 Å². The van der Waals surface area contributed by atoms with Crippen LogP contribution < -0.4 is 5.73 Å². The fourth-order valence-electron chi connectivity index (χ4n) is 0.851. The van der Waals surface area contributed by atoms with E-state index in [0.717, 1.165) is 0 Å². The van der Waals surface area contributed by atoms with Crippen molar-refractivity contribution in [1.82, 2.24) is 0 Å². The molecule has 0 fully saturated rings. The van der Waals surface area contributed by atoms with Crippen LogP contribution in [0, 0.1) is 0 Å². The molecular weight excluding hydrogens is 351 g/mol. The van der Waals surface area contributed by atoms with Gasteiger partial charge in [0.1, 0.15) is 0 Å². The second kappa shape index (κ2) is 5.48. The Balaban J connectivity index is 3.06. The molecule has 80 valence electrons. The van der Waals surface area contributed by atoms with Gasteiger partial charge in [0.25, 0.3) is 5.69 Å². The molecule has 0 heterocycles. The van der Waals surface area contributed by atoms with E-state index in [9.17, 15) is 4.79 Å². The summed E-state index contributed by atoms with van der Waals surface area (Å²) in [6.07, 6.45) is -0.915. The number of amides is 1. The third-order valence-electron chi connectivity index (χ3n) is 1.40. The van der Waals surface area contributed by atoms with Crippen LogP contribution >= 0.6 is 43.5 Å². The molecule has 0 bridgehead atoms. The molecule has 1 aromatic rings. The predicted molar refractivity (Wildman–Crippen MR) is 64.9 cm³/mol. The highest BCUT2D eigenvalue weighted by molar-refractivity contribution is 9.39. The smallest absolute Gasteiger partial charge is 0.330 e. The number of halogens is 3. The molecule has 1 amide bonds. The zero-order valence-corrected chi connectivity index (χ0v) is 11.2. The van der Waals surface area contributed by atoms with Gasteiger partial charge in [-0.25, -0.2) is 4.79 Å². The van der Waals surface area contributed by atoms with Gasteiger partial charge in [-0.15, -0.1) is 0 Å². The molecule has 0 saturated heterocycles. The standard InChI is InChI=1S/C8H5Br2ClN2O2/c9-7(10)13(15-8(12)14)6-3-1-5(11)2-4-6/h1-4H,(H-,12,14)/p+1. The minimum atomic E-state index is -0.915. The summed E-state index contributed by atoms with van der Waals surface area (Å²) in [5.41, 5.74) is 5.51. The molecule has 0 atom stereocenters. The topological polar surface area (TPSA) is 55.3 Å². The molecule has 0 spiro atoms. The third-order valence-corrected chi connectivity index (χ3v) is 2.29. The Hall–Kier alpha value is -0.590. The number of hydrogen-bond donors (Lipinski definition) is 1. The molecule has 4 nitrogen and oxygen atoms in total. The van der Waals surface area contributed by atoms with Crippen LogP contribution in [0.3, 0.4) is 0 Å². The maximum atomic E-state index is 10.6. The van der Waals surface area contributed by atoms with Crippen molar-refractivity contribution in [3.8, 4) is 0 Å². The summed E-state index contributed by atoms with van der Waals surface area (Å²) >= 11 is 12.0. The number of nitrogens with two attached hydrogens (primary N) is 1. The zero-order valence-electron chi connectivity index (χ0n) is 7.28. The summed E-state index contributed by atoms with van der Waals surface area (Å²) in [5.74, 6) is 0. The summed E-state index contributed by atoms with van der Waals surface area (Å²) in [5, 5.41) is 0.587. The molecule has 0 unspecified atom stereocenters. The first-order valence-electron chi connectivity index (χ1n) is 3.72. The van der Waals surface area contributed by atoms with E-state index in [0.29, 0.717) is 14.2 Å². The Morgan fingerprint density at radius 3 is 2.27 bits per heavy atom. The first kappa shape index (κ1) is 12.5. The van der Waals surface area contributed by atoms with Crippen molar-refractivity contribution < 1.29 is 14.4 Å². The summed E-state index contributed by atoms with van der Waals surface area (Å²) in [4.78, 5) is 15.4. The normalized spacial score (nSPS) is 9.53. The highest BCUT2D eigenvalue weighted by atomic mass is 79.9. The molecule has 0 aromatic heterocycles. The molecule has 1 aromatic carbocycles. The average molecular weight is 357 g/mol. The molecular formula is C8H6Br2ClN2O2+. The third kappa shape index (κ3) is 3.81. The monoisotopic (exact) mass is 355 g/mol. The molecule has 2 N–H and O–H groups in total. The lowest BCUT2D eigenvalue weighted by molar-refractivity contribution is -0.692. The number of rotatable bonds is 2. The second-order valence-corrected chi connectivity index (χ2v) is 5.42. The fraction of sp³-hybridized carbons (Fsp3) is 0. The predicted octanol–water partition coefficient (Wildman–Crippen LogP) is 3.14. The highest BCUT2D eigenvalue weighted by Gasteiger charge is 2.19. The van der Waals surface area contributed by atoms with Gasteiger partial charge >= 0.3 is 9.62 Å². The van der Waals surface area contributed by atoms with Crippen molar-refractivity contribution in [2.75, 3.05) is 0 Å². The molecule has 0 aliphatic rings. The average Bonchev–Trinajstić information content (AvgIpc) is 2.15. The Kier molecular flexibility index (Phi) is 4.56. The first-order valence-corrected chi connectivity index (χ1v) is 5.68. The van der Waals surface area contributed by atoms with Crippen LogP contribution in [-0.4, -0.2) is 14.4 Å². The van der Waals surface area contributed by atoms with Crippen molar-refractivity contribution in [1.29, 1.82) is 0 Å². The van der Waals surface area contributed by atoms with E-state index in [4.69, 9.17) is 22.2 Å². The molecule has 0 aliphatic heterocycles. The number of primary amides is 1. The molecule has 0 radical (unpaired) electrons. The van der Waals surface area contributed by atoms with Crippen molar-refractivity contribution in [3.05, 3.63) is 29.3 Å². The first-order chi connectivity index (χ1) is 7.00. The summed E-state index contributed by atoms with van der Waals surface area (Å²) in [7, 11) is 0. The van der Waals surface area contributed by atoms with Gasteiger partial charge in [0.05, 0.1) is 0 Å². The van der Waals surface area contributed by atoms with E-state index in [1.165, 1.54) is 4.74 Å². The second-order valence-electron chi connectivity index (χ2n) is 2.42. The van der Waals surface area contributed by atoms with E-state index < -0.39 is 6.09 Å². The van der Waals surface area contributed by atoms with Gasteiger partial charge in [-0.3, -0.25) is 0 Å². The largest absolute Gasteiger partial charge is 0.473 e. The van der Waals surface area contributed by atoms with Crippen molar-refractivity contribution in [2.45, 2.75) is 0 Å². The Labute approximate surface area is 108 Å². The Bertz CT molecular complexity index is 402. The molecule has 7 heteroatoms. The van der Waals surface area contributed by atoms with E-state index in [2.05, 4.69) is 31.9 Å². The molecule has 15 heavy (non-hydrogen) atoms. The maximum Gasteiger partial charge on any atom is 0.473 e. The van der Waals surface area contributed by atoms with E-state index >= 15 is 0 Å². The van der Waals surface area contributed by atoms with Crippen LogP contribution in [-0.2, 0) is 4.84 Å². The lowest BCUT2D eigenvalue weighted by Gasteiger charge is -1.98. The van der Waals surface area contributed by atoms with E-state index in [1.54, 1.807) is 24.3 Å². The van der Waals surface area contributed by atoms with Crippen molar-refractivity contribution in [2.24, 2.45) is 5.73 Å². The summed E-state index contributed by atoms with van der Waals surface area (Å²) in [6, 6.07) is 6.68. The van der Waals surface area contributed by atoms with Crippen molar-refractivity contribution >= 4 is 58.8 Å². The molecule has 1 rings (SSSR count). The quantitative estimate of drug-likeness (QED) is 0.383. The summed E-state index contributed by atoms with van der Waals surface area (Å²) < 4.78 is 1.59. The number of carbonyl (C=O) groups excluding carboxylic acids is 1. The van der Waals surface area contributed by atoms with Crippen LogP contribution in [0.15, 0.2) is 24.3 Å². The number of carbonyl (C=O) groups is 1. The fourth-order valence-corrected chi connectivity index (χ4v) is 1.53. The van der Waals surface area contributed by atoms with Gasteiger partial charge in [0, 0.05) is 53.8 Å². The van der Waals surface area contributed by atoms with Crippen LogP contribution in [0.5, 0.6) is 0 Å². The zero-order chi connectivity index (χ0) is 11.4. The van der Waals surface area contributed by atoms with Gasteiger partial charge in [-0.1, -0.05) is 11.6 Å². The van der Waals surface area contributed by atoms with E-state index in [1.807, 2.05) is 0 Å². The number of nitrogens with zero attached hydrogens (tertiary/aromatic N) is 1. The lowest BCUT2D eigenvalue weighted by Crippen LogP contribution is -2.21. The van der Waals surface area contributed by atoms with Gasteiger partial charge in [-0.05, 0) is 12.1 Å². The van der Waals surface area contributed by atoms with Crippen molar-refractivity contribution in [3.63, 3.8) is 0 Å². The van der Waals surface area contributed by atoms with Crippen LogP contribution in [0.2, 0.25) is 5.02 Å². The van der Waals surface area contributed by atoms with Gasteiger partial charge in [0.2, 0.25) is 0 Å². The van der Waals surface area contributed by atoms with E-state index in [-0.39, 0.29) is 0 Å². The lowest BCUT2D eigenvalue weighted by atomic mass is 10.3. The minimum Gasteiger partial charge on any atom is -0.330 e. The molecule has 0 saturated carbocycles. The van der Waals surface area contributed by atoms with Gasteiger partial charge < -0.3 is 5.73 Å². The maximum absolute atomic E-state index is 10.6. The summed E-state index contributed by atoms with van der Waals surface area (Å²) in [6.45, 7) is 0. The van der Waals surface area contributed by atoms with Crippen LogP contribution in [0.4, 0.5) is 10.5 Å². The number of benzene rings is 1. The molecule has 0 aliphatic carbocycles. The van der Waals surface area contributed by atoms with Gasteiger partial charge in [0.15, 0.2) is 0 Å². The Morgan fingerprint density at radius 2 is 1.87 bits per heavy atom. The SMILES string of the molecule is NC(=O)O[N+](=C(Br)Br)c1ccc(Cl)cc1. The van der Waals surface area contributed by atoms with Gasteiger partial charge in [-0.2, -0.15) is 4.84 Å². The Morgan fingerprint density at radius 1 is 1.33 bits per heavy atom. The highest BCUT2D eigenvalue weighted by Crippen LogP contribution is 2.19. The number of hydrogen-bond acceptors (Lipinski definition) is 2.